The lowest BCUT2D eigenvalue weighted by atomic mass is 9.96. The maximum absolute atomic E-state index is 12.5. The van der Waals surface area contributed by atoms with E-state index >= 15 is 0 Å². The van der Waals surface area contributed by atoms with Crippen molar-refractivity contribution in [3.05, 3.63) is 17.7 Å². The molecule has 23 heavy (non-hydrogen) atoms. The maximum Gasteiger partial charge on any atom is 0.274 e. The third kappa shape index (κ3) is 3.39. The fourth-order valence-corrected chi connectivity index (χ4v) is 3.35. The number of hydrogen-bond acceptors (Lipinski definition) is 4. The largest absolute Gasteiger partial charge is 0.383 e. The van der Waals surface area contributed by atoms with E-state index in [0.717, 1.165) is 44.5 Å². The van der Waals surface area contributed by atoms with E-state index in [2.05, 4.69) is 10.3 Å². The van der Waals surface area contributed by atoms with E-state index in [1.54, 1.807) is 13.4 Å². The summed E-state index contributed by atoms with van der Waals surface area (Å²) in [6.45, 7) is 3.30. The highest BCUT2D eigenvalue weighted by Crippen LogP contribution is 2.24. The van der Waals surface area contributed by atoms with E-state index < -0.39 is 0 Å². The summed E-state index contributed by atoms with van der Waals surface area (Å²) in [6, 6.07) is 0. The molecule has 3 heterocycles. The summed E-state index contributed by atoms with van der Waals surface area (Å²) in [5, 5.41) is 2.89. The number of amides is 2. The predicted octanol–water partition coefficient (Wildman–Crippen LogP) is 0.444. The maximum atomic E-state index is 12.5. The molecule has 1 fully saturated rings. The molecule has 1 saturated heterocycles. The molecule has 126 valence electrons. The van der Waals surface area contributed by atoms with Crippen LogP contribution in [0.15, 0.2) is 6.33 Å². The SMILES string of the molecule is COCCNC(=O)C1CCc2c(C(=O)N3CCCC3)ncn2C1. The van der Waals surface area contributed by atoms with Gasteiger partial charge in [0.25, 0.3) is 5.91 Å². The number of carbonyl (C=O) groups is 2. The third-order valence-electron chi connectivity index (χ3n) is 4.67. The fraction of sp³-hybridized carbons (Fsp3) is 0.688. The van der Waals surface area contributed by atoms with Gasteiger partial charge in [-0.05, 0) is 25.7 Å². The Morgan fingerprint density at radius 1 is 1.39 bits per heavy atom. The summed E-state index contributed by atoms with van der Waals surface area (Å²) in [5.41, 5.74) is 1.55. The number of aromatic nitrogens is 2. The average Bonchev–Trinajstić information content (AvgIpc) is 3.23. The lowest BCUT2D eigenvalue weighted by Gasteiger charge is -2.24. The topological polar surface area (TPSA) is 76.5 Å². The number of rotatable bonds is 5. The molecule has 0 radical (unpaired) electrons. The van der Waals surface area contributed by atoms with Crippen LogP contribution < -0.4 is 5.32 Å². The molecule has 1 unspecified atom stereocenters. The normalized spacial score (nSPS) is 20.4. The summed E-state index contributed by atoms with van der Waals surface area (Å²) >= 11 is 0. The van der Waals surface area contributed by atoms with Gasteiger partial charge >= 0.3 is 0 Å². The zero-order valence-corrected chi connectivity index (χ0v) is 13.6. The molecule has 1 N–H and O–H groups in total. The van der Waals surface area contributed by atoms with Crippen molar-refractivity contribution in [2.75, 3.05) is 33.4 Å². The molecule has 7 heteroatoms. The van der Waals surface area contributed by atoms with E-state index in [-0.39, 0.29) is 17.7 Å². The van der Waals surface area contributed by atoms with Crippen molar-refractivity contribution >= 4 is 11.8 Å². The monoisotopic (exact) mass is 320 g/mol. The molecular formula is C16H24N4O3. The summed E-state index contributed by atoms with van der Waals surface area (Å²) < 4.78 is 6.91. The van der Waals surface area contributed by atoms with Crippen LogP contribution in [0.1, 0.15) is 35.4 Å². The minimum absolute atomic E-state index is 0.0410. The van der Waals surface area contributed by atoms with E-state index in [0.29, 0.717) is 25.4 Å². The molecule has 2 amide bonds. The number of imidazole rings is 1. The lowest BCUT2D eigenvalue weighted by Crippen LogP contribution is -2.37. The van der Waals surface area contributed by atoms with Crippen molar-refractivity contribution in [2.24, 2.45) is 5.92 Å². The van der Waals surface area contributed by atoms with Crippen LogP contribution in [0.2, 0.25) is 0 Å². The van der Waals surface area contributed by atoms with Gasteiger partial charge in [-0.2, -0.15) is 0 Å². The van der Waals surface area contributed by atoms with Gasteiger partial charge in [-0.1, -0.05) is 0 Å². The van der Waals surface area contributed by atoms with Crippen LogP contribution in [-0.4, -0.2) is 59.6 Å². The van der Waals surface area contributed by atoms with Crippen LogP contribution in [0.4, 0.5) is 0 Å². The van der Waals surface area contributed by atoms with Gasteiger partial charge in [-0.3, -0.25) is 9.59 Å². The first kappa shape index (κ1) is 16.0. The highest BCUT2D eigenvalue weighted by molar-refractivity contribution is 5.93. The number of nitrogens with one attached hydrogen (secondary N) is 1. The quantitative estimate of drug-likeness (QED) is 0.799. The third-order valence-corrected chi connectivity index (χ3v) is 4.67. The summed E-state index contributed by atoms with van der Waals surface area (Å²) in [5.74, 6) is 0.0244. The number of carbonyl (C=O) groups excluding carboxylic acids is 2. The lowest BCUT2D eigenvalue weighted by molar-refractivity contribution is -0.126. The standard InChI is InChI=1S/C16H24N4O3/c1-23-9-6-17-15(21)12-4-5-13-14(18-11-20(13)10-12)16(22)19-7-2-3-8-19/h11-12H,2-10H2,1H3,(H,17,21). The molecular weight excluding hydrogens is 296 g/mol. The Morgan fingerprint density at radius 2 is 2.17 bits per heavy atom. The second kappa shape index (κ2) is 7.12. The summed E-state index contributed by atoms with van der Waals surface area (Å²) in [7, 11) is 1.61. The summed E-state index contributed by atoms with van der Waals surface area (Å²) in [6.07, 6.45) is 5.33. The minimum Gasteiger partial charge on any atom is -0.383 e. The zero-order valence-electron chi connectivity index (χ0n) is 13.6. The molecule has 2 aliphatic heterocycles. The van der Waals surface area contributed by atoms with Crippen LogP contribution in [0, 0.1) is 5.92 Å². The fourth-order valence-electron chi connectivity index (χ4n) is 3.35. The first-order valence-electron chi connectivity index (χ1n) is 8.30. The Hall–Kier alpha value is -1.89. The smallest absolute Gasteiger partial charge is 0.274 e. The molecule has 0 spiro atoms. The van der Waals surface area contributed by atoms with Crippen molar-refractivity contribution < 1.29 is 14.3 Å². The Kier molecular flexibility index (Phi) is 4.95. The molecule has 0 saturated carbocycles. The second-order valence-electron chi connectivity index (χ2n) is 6.21. The van der Waals surface area contributed by atoms with Crippen molar-refractivity contribution in [3.63, 3.8) is 0 Å². The van der Waals surface area contributed by atoms with Crippen LogP contribution in [0.25, 0.3) is 0 Å². The number of fused-ring (bicyclic) bond motifs is 1. The number of hydrogen-bond donors (Lipinski definition) is 1. The molecule has 3 rings (SSSR count). The highest BCUT2D eigenvalue weighted by Gasteiger charge is 2.30. The van der Waals surface area contributed by atoms with Gasteiger partial charge in [0.05, 0.1) is 24.5 Å². The van der Waals surface area contributed by atoms with E-state index in [1.807, 2.05) is 9.47 Å². The summed E-state index contributed by atoms with van der Waals surface area (Å²) in [4.78, 5) is 30.9. The van der Waals surface area contributed by atoms with Gasteiger partial charge < -0.3 is 19.5 Å². The number of ether oxygens (including phenoxy) is 1. The highest BCUT2D eigenvalue weighted by atomic mass is 16.5. The first-order valence-corrected chi connectivity index (χ1v) is 8.30. The van der Waals surface area contributed by atoms with E-state index in [4.69, 9.17) is 4.74 Å². The first-order chi connectivity index (χ1) is 11.2. The van der Waals surface area contributed by atoms with Crippen LogP contribution in [0.5, 0.6) is 0 Å². The Morgan fingerprint density at radius 3 is 2.91 bits per heavy atom. The van der Waals surface area contributed by atoms with Crippen LogP contribution in [-0.2, 0) is 22.5 Å². The van der Waals surface area contributed by atoms with Gasteiger partial charge in [-0.25, -0.2) is 4.98 Å². The predicted molar refractivity (Wildman–Crippen MR) is 84.1 cm³/mol. The molecule has 0 aromatic carbocycles. The molecule has 2 aliphatic rings. The van der Waals surface area contributed by atoms with E-state index in [1.165, 1.54) is 0 Å². The molecule has 7 nitrogen and oxygen atoms in total. The average molecular weight is 320 g/mol. The Bertz CT molecular complexity index is 578. The Balaban J connectivity index is 1.64. The van der Waals surface area contributed by atoms with Crippen LogP contribution >= 0.6 is 0 Å². The number of methoxy groups -OCH3 is 1. The molecule has 0 aliphatic carbocycles. The van der Waals surface area contributed by atoms with Crippen LogP contribution in [0.3, 0.4) is 0 Å². The van der Waals surface area contributed by atoms with Gasteiger partial charge in [0.1, 0.15) is 5.69 Å². The minimum atomic E-state index is -0.0664. The zero-order chi connectivity index (χ0) is 16.2. The number of nitrogens with zero attached hydrogens (tertiary/aromatic N) is 3. The van der Waals surface area contributed by atoms with E-state index in [9.17, 15) is 9.59 Å². The van der Waals surface area contributed by atoms with Gasteiger partial charge in [0.2, 0.25) is 5.91 Å². The second-order valence-corrected chi connectivity index (χ2v) is 6.21. The molecule has 1 aromatic rings. The van der Waals surface area contributed by atoms with Crippen molar-refractivity contribution in [2.45, 2.75) is 32.2 Å². The van der Waals surface area contributed by atoms with Crippen molar-refractivity contribution in [1.29, 1.82) is 0 Å². The van der Waals surface area contributed by atoms with Crippen molar-refractivity contribution in [3.8, 4) is 0 Å². The molecule has 1 atom stereocenters. The number of likely N-dealkylation sites (tertiary alicyclic amines) is 1. The molecule has 0 bridgehead atoms. The van der Waals surface area contributed by atoms with Gasteiger partial charge in [0.15, 0.2) is 0 Å². The Labute approximate surface area is 136 Å². The van der Waals surface area contributed by atoms with Gasteiger partial charge in [-0.15, -0.1) is 0 Å². The molecule has 1 aromatic heterocycles. The van der Waals surface area contributed by atoms with Crippen molar-refractivity contribution in [1.82, 2.24) is 19.8 Å². The van der Waals surface area contributed by atoms with Gasteiger partial charge in [0, 0.05) is 33.3 Å².